The van der Waals surface area contributed by atoms with Crippen molar-refractivity contribution in [2.24, 2.45) is 0 Å². The van der Waals surface area contributed by atoms with Crippen molar-refractivity contribution in [2.75, 3.05) is 0 Å². The van der Waals surface area contributed by atoms with Crippen molar-refractivity contribution in [3.05, 3.63) is 69.3 Å². The van der Waals surface area contributed by atoms with Gasteiger partial charge in [0.15, 0.2) is 0 Å². The van der Waals surface area contributed by atoms with Crippen LogP contribution in [-0.2, 0) is 0 Å². The highest BCUT2D eigenvalue weighted by Crippen LogP contribution is 2.21. The molecule has 0 fully saturated rings. The van der Waals surface area contributed by atoms with Gasteiger partial charge in [-0.3, -0.25) is 4.79 Å². The van der Waals surface area contributed by atoms with Gasteiger partial charge in [0.05, 0.1) is 5.69 Å². The number of carbonyl (C=O) groups is 1. The second-order valence-corrected chi connectivity index (χ2v) is 5.50. The van der Waals surface area contributed by atoms with Gasteiger partial charge in [0, 0.05) is 32.0 Å². The maximum Gasteiger partial charge on any atom is 0.209 e. The number of H-pyrrole nitrogens is 1. The molecule has 0 saturated heterocycles. The number of benzene rings is 2. The zero-order valence-corrected chi connectivity index (χ0v) is 12.0. The fourth-order valence-corrected chi connectivity index (χ4v) is 2.33. The van der Waals surface area contributed by atoms with Gasteiger partial charge in [-0.15, -0.1) is 0 Å². The quantitative estimate of drug-likeness (QED) is 0.682. The van der Waals surface area contributed by atoms with Gasteiger partial charge < -0.3 is 4.98 Å². The number of nitrogens with one attached hydrogen (secondary N) is 1. The third kappa shape index (κ3) is 2.44. The van der Waals surface area contributed by atoms with E-state index in [2.05, 4.69) is 27.0 Å². The molecule has 1 N–H and O–H groups in total. The van der Waals surface area contributed by atoms with Crippen molar-refractivity contribution in [1.29, 1.82) is 0 Å². The van der Waals surface area contributed by atoms with E-state index in [0.29, 0.717) is 16.3 Å². The van der Waals surface area contributed by atoms with Gasteiger partial charge in [-0.1, -0.05) is 33.6 Å². The molecule has 1 radical (unpaired) electrons. The smallest absolute Gasteiger partial charge is 0.209 e. The third-order valence-electron chi connectivity index (χ3n) is 2.83. The molecule has 0 aliphatic heterocycles. The summed E-state index contributed by atoms with van der Waals surface area (Å²) in [5, 5.41) is 1.48. The molecule has 0 spiro atoms. The Balaban J connectivity index is 2.04. The summed E-state index contributed by atoms with van der Waals surface area (Å²) in [6, 6.07) is 15.7. The molecular weight excluding hydrogens is 326 g/mol. The highest BCUT2D eigenvalue weighted by molar-refractivity contribution is 9.10. The SMILES string of the molecule is O=C(c1ccc(Br)cc1)c1[c]c2ccc(Cl)cc2[nH]1. The Kier molecular flexibility index (Phi) is 3.17. The van der Waals surface area contributed by atoms with Crippen molar-refractivity contribution in [3.63, 3.8) is 0 Å². The fourth-order valence-electron chi connectivity index (χ4n) is 1.89. The van der Waals surface area contributed by atoms with Crippen LogP contribution in [0.25, 0.3) is 10.9 Å². The van der Waals surface area contributed by atoms with Crippen LogP contribution >= 0.6 is 27.5 Å². The maximum absolute atomic E-state index is 12.3. The molecule has 0 atom stereocenters. The fraction of sp³-hybridized carbons (Fsp3) is 0. The molecule has 0 aliphatic carbocycles. The number of hydrogen-bond donors (Lipinski definition) is 1. The Morgan fingerprint density at radius 2 is 1.89 bits per heavy atom. The Morgan fingerprint density at radius 3 is 2.63 bits per heavy atom. The first kappa shape index (κ1) is 12.5. The standard InChI is InChI=1S/C15H8BrClNO/c16-11-4-1-9(2-5-11)15(19)14-7-10-3-6-12(17)8-13(10)18-14/h1-6,8,18H. The molecule has 3 aromatic rings. The molecule has 1 heterocycles. The number of hydrogen-bond acceptors (Lipinski definition) is 1. The highest BCUT2D eigenvalue weighted by Gasteiger charge is 2.12. The predicted octanol–water partition coefficient (Wildman–Crippen LogP) is 4.61. The molecule has 2 aromatic carbocycles. The Morgan fingerprint density at radius 1 is 1.16 bits per heavy atom. The van der Waals surface area contributed by atoms with Gasteiger partial charge in [0.1, 0.15) is 0 Å². The van der Waals surface area contributed by atoms with Crippen molar-refractivity contribution in [1.82, 2.24) is 4.98 Å². The van der Waals surface area contributed by atoms with Crippen molar-refractivity contribution in [2.45, 2.75) is 0 Å². The summed E-state index contributed by atoms with van der Waals surface area (Å²) in [5.41, 5.74) is 1.88. The second kappa shape index (κ2) is 4.83. The van der Waals surface area contributed by atoms with Crippen LogP contribution in [0.15, 0.2) is 46.9 Å². The first-order chi connectivity index (χ1) is 9.13. The van der Waals surface area contributed by atoms with E-state index < -0.39 is 0 Å². The minimum Gasteiger partial charge on any atom is -0.351 e. The van der Waals surface area contributed by atoms with Crippen LogP contribution < -0.4 is 0 Å². The average molecular weight is 334 g/mol. The van der Waals surface area contributed by atoms with E-state index in [-0.39, 0.29) is 5.78 Å². The van der Waals surface area contributed by atoms with Crippen molar-refractivity contribution in [3.8, 4) is 0 Å². The summed E-state index contributed by atoms with van der Waals surface area (Å²) in [6.07, 6.45) is 0. The van der Waals surface area contributed by atoms with E-state index >= 15 is 0 Å². The number of fused-ring (bicyclic) bond motifs is 1. The molecule has 0 bridgehead atoms. The lowest BCUT2D eigenvalue weighted by Crippen LogP contribution is -2.01. The van der Waals surface area contributed by atoms with E-state index in [1.165, 1.54) is 0 Å². The summed E-state index contributed by atoms with van der Waals surface area (Å²) in [4.78, 5) is 15.3. The molecule has 1 aromatic heterocycles. The lowest BCUT2D eigenvalue weighted by atomic mass is 10.1. The summed E-state index contributed by atoms with van der Waals surface area (Å²) in [6.45, 7) is 0. The van der Waals surface area contributed by atoms with Gasteiger partial charge in [-0.25, -0.2) is 0 Å². The molecule has 0 aliphatic rings. The molecule has 3 rings (SSSR count). The van der Waals surface area contributed by atoms with Gasteiger partial charge in [0.25, 0.3) is 0 Å². The van der Waals surface area contributed by atoms with Crippen LogP contribution in [-0.4, -0.2) is 10.8 Å². The largest absolute Gasteiger partial charge is 0.351 e. The Labute approximate surface area is 123 Å². The van der Waals surface area contributed by atoms with E-state index in [1.54, 1.807) is 24.3 Å². The number of aromatic nitrogens is 1. The number of aromatic amines is 1. The normalized spacial score (nSPS) is 10.8. The molecular formula is C15H8BrClNO. The highest BCUT2D eigenvalue weighted by atomic mass is 79.9. The van der Waals surface area contributed by atoms with E-state index in [9.17, 15) is 4.79 Å². The number of rotatable bonds is 2. The maximum atomic E-state index is 12.3. The Bertz CT molecular complexity index is 761. The minimum atomic E-state index is -0.0835. The zero-order valence-electron chi connectivity index (χ0n) is 9.71. The lowest BCUT2D eigenvalue weighted by molar-refractivity contribution is 0.103. The number of halogens is 2. The summed E-state index contributed by atoms with van der Waals surface area (Å²) >= 11 is 9.26. The molecule has 4 heteroatoms. The monoisotopic (exact) mass is 332 g/mol. The average Bonchev–Trinajstić information content (AvgIpc) is 2.81. The van der Waals surface area contributed by atoms with Crippen molar-refractivity contribution < 1.29 is 4.79 Å². The topological polar surface area (TPSA) is 32.9 Å². The van der Waals surface area contributed by atoms with E-state index in [1.807, 2.05) is 18.2 Å². The molecule has 0 amide bonds. The van der Waals surface area contributed by atoms with Crippen LogP contribution in [0.5, 0.6) is 0 Å². The second-order valence-electron chi connectivity index (χ2n) is 4.15. The number of ketones is 1. The van der Waals surface area contributed by atoms with Gasteiger partial charge in [-0.2, -0.15) is 0 Å². The third-order valence-corrected chi connectivity index (χ3v) is 3.60. The van der Waals surface area contributed by atoms with Gasteiger partial charge in [-0.05, 0) is 36.4 Å². The van der Waals surface area contributed by atoms with Gasteiger partial charge in [0.2, 0.25) is 5.78 Å². The van der Waals surface area contributed by atoms with Crippen LogP contribution in [0.2, 0.25) is 5.02 Å². The molecule has 0 saturated carbocycles. The van der Waals surface area contributed by atoms with E-state index in [4.69, 9.17) is 11.6 Å². The van der Waals surface area contributed by atoms with Crippen LogP contribution in [0.1, 0.15) is 16.1 Å². The molecule has 0 unspecified atom stereocenters. The summed E-state index contributed by atoms with van der Waals surface area (Å²) < 4.78 is 0.941. The minimum absolute atomic E-state index is 0.0835. The van der Waals surface area contributed by atoms with E-state index in [0.717, 1.165) is 15.4 Å². The molecule has 93 valence electrons. The summed E-state index contributed by atoms with van der Waals surface area (Å²) in [5.74, 6) is -0.0835. The van der Waals surface area contributed by atoms with Crippen LogP contribution in [0.4, 0.5) is 0 Å². The van der Waals surface area contributed by atoms with Crippen LogP contribution in [0, 0.1) is 6.07 Å². The summed E-state index contributed by atoms with van der Waals surface area (Å²) in [7, 11) is 0. The van der Waals surface area contributed by atoms with Gasteiger partial charge >= 0.3 is 0 Å². The Hall–Kier alpha value is -1.58. The predicted molar refractivity (Wildman–Crippen MR) is 79.7 cm³/mol. The first-order valence-electron chi connectivity index (χ1n) is 5.64. The molecule has 2 nitrogen and oxygen atoms in total. The molecule has 19 heavy (non-hydrogen) atoms. The lowest BCUT2D eigenvalue weighted by Gasteiger charge is -1.98. The number of carbonyl (C=O) groups excluding carboxylic acids is 1. The van der Waals surface area contributed by atoms with Crippen molar-refractivity contribution >= 4 is 44.2 Å². The first-order valence-corrected chi connectivity index (χ1v) is 6.81. The van der Waals surface area contributed by atoms with Crippen LogP contribution in [0.3, 0.4) is 0 Å². The zero-order chi connectivity index (χ0) is 13.4.